The van der Waals surface area contributed by atoms with Gasteiger partial charge in [-0.3, -0.25) is 0 Å². The van der Waals surface area contributed by atoms with Crippen LogP contribution in [-0.4, -0.2) is 0 Å². The molecule has 0 heterocycles. The fraction of sp³-hybridized carbons (Fsp3) is 0. The molecule has 2 atom stereocenters. The Balaban J connectivity index is 2.80. The predicted octanol–water partition coefficient (Wildman–Crippen LogP) is 1.80. The maximum Gasteiger partial charge on any atom is 0.0160 e. The lowest BCUT2D eigenvalue weighted by molar-refractivity contribution is 5.69. The highest BCUT2D eigenvalue weighted by molar-refractivity contribution is 14.2. The zero-order valence-electron chi connectivity index (χ0n) is 1.86. The van der Waals surface area contributed by atoms with E-state index in [4.69, 9.17) is 0 Å². The van der Waals surface area contributed by atoms with Crippen molar-refractivity contribution in [1.82, 2.24) is 0 Å². The Labute approximate surface area is 46.7 Å². The minimum atomic E-state index is -0.410. The van der Waals surface area contributed by atoms with E-state index in [9.17, 15) is 0 Å². The third-order valence-corrected chi connectivity index (χ3v) is 0. The predicted molar refractivity (Wildman–Crippen MR) is 39.4 cm³/mol. The van der Waals surface area contributed by atoms with E-state index in [0.29, 0.717) is 0 Å². The molecule has 0 aromatic carbocycles. The van der Waals surface area contributed by atoms with Crippen molar-refractivity contribution < 1.29 is 0 Å². The lowest BCUT2D eigenvalue weighted by Gasteiger charge is -1.61. The summed E-state index contributed by atoms with van der Waals surface area (Å²) < 4.78 is -0.410. The van der Waals surface area contributed by atoms with Gasteiger partial charge >= 0.3 is 0 Å². The Morgan fingerprint density at radius 2 is 2.00 bits per heavy atom. The van der Waals surface area contributed by atoms with E-state index in [1.807, 2.05) is 0 Å². The molecule has 0 aliphatic rings. The SMILES string of the molecule is P[PH](=S)I. The molecule has 0 nitrogen and oxygen atoms in total. The van der Waals surface area contributed by atoms with E-state index >= 15 is 0 Å². The molecule has 0 N–H and O–H groups in total. The normalized spacial score (nSPS) is 15.5. The standard InChI is InChI=1S/H3IP2S/c1-3(2)4/h3H,2H2. The maximum absolute atomic E-state index is 4.67. The van der Waals surface area contributed by atoms with Crippen LogP contribution in [0.15, 0.2) is 0 Å². The largest absolute Gasteiger partial charge is 0.0941 e. The van der Waals surface area contributed by atoms with Crippen molar-refractivity contribution in [3.63, 3.8) is 0 Å². The second-order valence-corrected chi connectivity index (χ2v) is 14.4. The van der Waals surface area contributed by atoms with Gasteiger partial charge in [-0.25, -0.2) is 0 Å². The van der Waals surface area contributed by atoms with Crippen LogP contribution in [-0.2, 0) is 11.8 Å². The number of hydrogen-bond donors (Lipinski definition) is 0. The Morgan fingerprint density at radius 3 is 2.00 bits per heavy atom. The lowest BCUT2D eigenvalue weighted by atomic mass is 29.8. The molecular weight excluding hydrogens is 221 g/mol. The third kappa shape index (κ3) is 9.18. The molecule has 0 spiro atoms. The molecule has 0 rings (SSSR count). The first-order valence-corrected chi connectivity index (χ1v) is 8.24. The van der Waals surface area contributed by atoms with Crippen molar-refractivity contribution in [2.24, 2.45) is 0 Å². The molecule has 0 aliphatic carbocycles. The summed E-state index contributed by atoms with van der Waals surface area (Å²) in [6.45, 7) is 0. The summed E-state index contributed by atoms with van der Waals surface area (Å²) in [5.41, 5.74) is 0. The van der Waals surface area contributed by atoms with Crippen LogP contribution in [0.25, 0.3) is 0 Å². The summed E-state index contributed by atoms with van der Waals surface area (Å²) in [6.07, 6.45) is 0. The zero-order chi connectivity index (χ0) is 3.58. The number of rotatable bonds is 0. The van der Waals surface area contributed by atoms with Crippen LogP contribution in [0.2, 0.25) is 0 Å². The van der Waals surface area contributed by atoms with Crippen LogP contribution < -0.4 is 0 Å². The van der Waals surface area contributed by atoms with Crippen molar-refractivity contribution in [2.75, 3.05) is 0 Å². The molecule has 0 aromatic heterocycles. The molecule has 0 radical (unpaired) electrons. The monoisotopic (exact) mass is 224 g/mol. The molecule has 0 aromatic rings. The molecule has 0 amide bonds. The Morgan fingerprint density at radius 1 is 2.00 bits per heavy atom. The highest BCUT2D eigenvalue weighted by atomic mass is 127. The van der Waals surface area contributed by atoms with Gasteiger partial charge < -0.3 is 0 Å². The van der Waals surface area contributed by atoms with Gasteiger partial charge in [0.15, 0.2) is 0 Å². The highest BCUT2D eigenvalue weighted by Crippen LogP contribution is 2.39. The Kier molecular flexibility index (Phi) is 4.38. The van der Waals surface area contributed by atoms with E-state index in [2.05, 4.69) is 42.8 Å². The van der Waals surface area contributed by atoms with E-state index in [-0.39, 0.29) is 0 Å². The molecule has 0 bridgehead atoms. The fourth-order valence-corrected chi connectivity index (χ4v) is 0. The van der Waals surface area contributed by atoms with Gasteiger partial charge in [0.1, 0.15) is 0 Å². The fourth-order valence-electron chi connectivity index (χ4n) is 0. The first-order valence-electron chi connectivity index (χ1n) is 0.682. The first-order chi connectivity index (χ1) is 1.73. The van der Waals surface area contributed by atoms with Crippen LogP contribution in [0, 0.1) is 0 Å². The Hall–Kier alpha value is 1.81. The molecule has 4 heavy (non-hydrogen) atoms. The highest BCUT2D eigenvalue weighted by Gasteiger charge is 1.56. The summed E-state index contributed by atoms with van der Waals surface area (Å²) in [6, 6.07) is 0. The summed E-state index contributed by atoms with van der Waals surface area (Å²) in [7, 11) is 2.56. The second-order valence-electron chi connectivity index (χ2n) is 0.304. The van der Waals surface area contributed by atoms with Gasteiger partial charge in [-0.1, -0.05) is 20.7 Å². The average Bonchev–Trinajstić information content (AvgIpc) is 0.811. The molecule has 0 aliphatic heterocycles. The second kappa shape index (κ2) is 3.02. The van der Waals surface area contributed by atoms with Crippen LogP contribution in [0.3, 0.4) is 0 Å². The lowest BCUT2D eigenvalue weighted by Crippen LogP contribution is -0.866. The van der Waals surface area contributed by atoms with E-state index < -0.39 is 4.03 Å². The van der Waals surface area contributed by atoms with Gasteiger partial charge in [0.05, 0.1) is 0 Å². The summed E-state index contributed by atoms with van der Waals surface area (Å²) in [5, 5.41) is 0. The van der Waals surface area contributed by atoms with Gasteiger partial charge in [0.25, 0.3) is 0 Å². The number of hydrogen-bond acceptors (Lipinski definition) is 1. The van der Waals surface area contributed by atoms with Crippen molar-refractivity contribution in [2.45, 2.75) is 0 Å². The molecule has 0 saturated carbocycles. The average molecular weight is 224 g/mol. The van der Waals surface area contributed by atoms with Gasteiger partial charge in [0, 0.05) is 4.03 Å². The van der Waals surface area contributed by atoms with Gasteiger partial charge in [-0.05, 0) is 22.0 Å². The molecule has 26 valence electrons. The first kappa shape index (κ1) is 5.81. The van der Waals surface area contributed by atoms with Crippen LogP contribution in [0.5, 0.6) is 0 Å². The number of halogens is 1. The Bertz CT molecular complexity index is 29.0. The zero-order valence-corrected chi connectivity index (χ0v) is 6.99. The van der Waals surface area contributed by atoms with Crippen molar-refractivity contribution in [3.8, 4) is 0 Å². The summed E-state index contributed by atoms with van der Waals surface area (Å²) in [5.74, 6) is 0. The van der Waals surface area contributed by atoms with E-state index in [1.54, 1.807) is 0 Å². The smallest absolute Gasteiger partial charge is 0.0160 e. The topological polar surface area (TPSA) is 0 Å². The van der Waals surface area contributed by atoms with Gasteiger partial charge in [-0.2, -0.15) is 0 Å². The minimum Gasteiger partial charge on any atom is -0.0941 e. The van der Waals surface area contributed by atoms with E-state index in [1.165, 1.54) is 0 Å². The minimum absolute atomic E-state index is 0.410. The summed E-state index contributed by atoms with van der Waals surface area (Å²) in [4.78, 5) is 0. The van der Waals surface area contributed by atoms with Crippen LogP contribution in [0.1, 0.15) is 0 Å². The van der Waals surface area contributed by atoms with Crippen molar-refractivity contribution >= 4 is 46.8 Å². The maximum atomic E-state index is 4.67. The van der Waals surface area contributed by atoms with Crippen molar-refractivity contribution in [1.29, 1.82) is 0 Å². The van der Waals surface area contributed by atoms with E-state index in [0.717, 1.165) is 0 Å². The quantitative estimate of drug-likeness (QED) is 0.446. The van der Waals surface area contributed by atoms with Gasteiger partial charge in [-0.15, -0.1) is 0 Å². The molecule has 0 saturated heterocycles. The molecule has 4 heteroatoms. The molecule has 0 fully saturated rings. The third-order valence-electron chi connectivity index (χ3n) is 0. The van der Waals surface area contributed by atoms with Gasteiger partial charge in [0.2, 0.25) is 0 Å². The summed E-state index contributed by atoms with van der Waals surface area (Å²) >= 11 is 6.89. The van der Waals surface area contributed by atoms with Crippen LogP contribution in [0.4, 0.5) is 0 Å². The molecule has 2 unspecified atom stereocenters. The van der Waals surface area contributed by atoms with Crippen LogP contribution >= 0.6 is 35.0 Å². The van der Waals surface area contributed by atoms with Crippen molar-refractivity contribution in [3.05, 3.63) is 0 Å². The molecular formula is H3IP2S.